The third kappa shape index (κ3) is 3.35. The third-order valence-electron chi connectivity index (χ3n) is 4.23. The molecule has 2 rings (SSSR count). The third-order valence-corrected chi connectivity index (χ3v) is 4.23. The van der Waals surface area contributed by atoms with Crippen LogP contribution in [0.1, 0.15) is 48.4 Å². The van der Waals surface area contributed by atoms with Crippen molar-refractivity contribution in [3.63, 3.8) is 0 Å². The quantitative estimate of drug-likeness (QED) is 0.904. The lowest BCUT2D eigenvalue weighted by Gasteiger charge is -2.36. The van der Waals surface area contributed by atoms with Crippen molar-refractivity contribution in [2.24, 2.45) is 0 Å². The molecule has 1 N–H and O–H groups in total. The Kier molecular flexibility index (Phi) is 4.59. The van der Waals surface area contributed by atoms with E-state index < -0.39 is 5.97 Å². The molecule has 1 saturated heterocycles. The number of hydrogen-bond acceptors (Lipinski definition) is 2. The highest BCUT2D eigenvalue weighted by Crippen LogP contribution is 2.33. The zero-order chi connectivity index (χ0) is 13.8. The number of rotatable bonds is 4. The predicted molar refractivity (Wildman–Crippen MR) is 76.3 cm³/mol. The topological polar surface area (TPSA) is 40.5 Å². The van der Waals surface area contributed by atoms with Gasteiger partial charge in [0.2, 0.25) is 0 Å². The van der Waals surface area contributed by atoms with Gasteiger partial charge in [-0.25, -0.2) is 0 Å². The van der Waals surface area contributed by atoms with Crippen LogP contribution < -0.4 is 0 Å². The van der Waals surface area contributed by atoms with Crippen LogP contribution in [0.3, 0.4) is 0 Å². The molecule has 1 aromatic rings. The molecule has 19 heavy (non-hydrogen) atoms. The second-order valence-electron chi connectivity index (χ2n) is 5.48. The van der Waals surface area contributed by atoms with Crippen LogP contribution in [0.5, 0.6) is 0 Å². The number of carboxylic acid groups (broad SMARTS) is 1. The van der Waals surface area contributed by atoms with Gasteiger partial charge in [0.05, 0.1) is 6.42 Å². The fraction of sp³-hybridized carbons (Fsp3) is 0.562. The van der Waals surface area contributed by atoms with E-state index in [1.807, 2.05) is 0 Å². The second-order valence-corrected chi connectivity index (χ2v) is 5.48. The first-order valence-corrected chi connectivity index (χ1v) is 7.11. The average Bonchev–Trinajstić information content (AvgIpc) is 2.40. The lowest BCUT2D eigenvalue weighted by molar-refractivity contribution is -0.137. The van der Waals surface area contributed by atoms with Gasteiger partial charge in [-0.15, -0.1) is 0 Å². The van der Waals surface area contributed by atoms with Gasteiger partial charge in [-0.1, -0.05) is 24.6 Å². The maximum Gasteiger partial charge on any atom is 0.304 e. The minimum absolute atomic E-state index is 0.237. The van der Waals surface area contributed by atoms with Crippen LogP contribution in [0.4, 0.5) is 0 Å². The van der Waals surface area contributed by atoms with Gasteiger partial charge in [0.1, 0.15) is 0 Å². The molecule has 0 aliphatic carbocycles. The summed E-state index contributed by atoms with van der Waals surface area (Å²) in [6.45, 7) is 6.00. The van der Waals surface area contributed by atoms with Gasteiger partial charge in [0.15, 0.2) is 0 Å². The standard InChI is InChI=1S/C16H23NO2/c1-12-6-5-7-14(13(12)2)15-8-3-4-10-17(15)11-9-16(18)19/h5-7,15H,3-4,8-11H2,1-2H3,(H,18,19)/t15-/m1/s1. The van der Waals surface area contributed by atoms with E-state index in [4.69, 9.17) is 5.11 Å². The van der Waals surface area contributed by atoms with Crippen LogP contribution in [0.25, 0.3) is 0 Å². The van der Waals surface area contributed by atoms with E-state index >= 15 is 0 Å². The molecule has 0 bridgehead atoms. The molecule has 1 aliphatic heterocycles. The van der Waals surface area contributed by atoms with Gasteiger partial charge < -0.3 is 5.11 Å². The highest BCUT2D eigenvalue weighted by atomic mass is 16.4. The molecule has 0 spiro atoms. The largest absolute Gasteiger partial charge is 0.481 e. The summed E-state index contributed by atoms with van der Waals surface area (Å²) >= 11 is 0. The summed E-state index contributed by atoms with van der Waals surface area (Å²) in [6.07, 6.45) is 3.80. The minimum Gasteiger partial charge on any atom is -0.481 e. The highest BCUT2D eigenvalue weighted by Gasteiger charge is 2.25. The first-order chi connectivity index (χ1) is 9.09. The maximum atomic E-state index is 10.8. The summed E-state index contributed by atoms with van der Waals surface area (Å²) in [6, 6.07) is 6.85. The fourth-order valence-corrected chi connectivity index (χ4v) is 2.98. The number of likely N-dealkylation sites (tertiary alicyclic amines) is 1. The summed E-state index contributed by atoms with van der Waals surface area (Å²) in [5, 5.41) is 8.87. The van der Waals surface area contributed by atoms with Gasteiger partial charge in [0.25, 0.3) is 0 Å². The normalized spacial score (nSPS) is 20.4. The number of carbonyl (C=O) groups is 1. The van der Waals surface area contributed by atoms with Crippen LogP contribution in [0.2, 0.25) is 0 Å². The molecule has 1 heterocycles. The predicted octanol–water partition coefficient (Wildman–Crippen LogP) is 3.31. The SMILES string of the molecule is Cc1cccc([C@H]2CCCCN2CCC(=O)O)c1C. The zero-order valence-corrected chi connectivity index (χ0v) is 11.9. The Balaban J connectivity index is 2.19. The van der Waals surface area contributed by atoms with Crippen LogP contribution in [-0.2, 0) is 4.79 Å². The molecule has 0 radical (unpaired) electrons. The summed E-state index contributed by atoms with van der Waals surface area (Å²) in [5.74, 6) is -0.703. The van der Waals surface area contributed by atoms with Crippen molar-refractivity contribution >= 4 is 5.97 Å². The molecule has 0 amide bonds. The van der Waals surface area contributed by atoms with E-state index in [-0.39, 0.29) is 6.42 Å². The summed E-state index contributed by atoms with van der Waals surface area (Å²) < 4.78 is 0. The molecule has 3 heteroatoms. The molecule has 0 saturated carbocycles. The number of hydrogen-bond donors (Lipinski definition) is 1. The number of piperidine rings is 1. The van der Waals surface area contributed by atoms with Crippen molar-refractivity contribution in [1.82, 2.24) is 4.90 Å². The van der Waals surface area contributed by atoms with E-state index in [9.17, 15) is 4.79 Å². The van der Waals surface area contributed by atoms with Crippen molar-refractivity contribution in [2.45, 2.75) is 45.6 Å². The Morgan fingerprint density at radius 2 is 2.16 bits per heavy atom. The minimum atomic E-state index is -0.703. The summed E-state index contributed by atoms with van der Waals surface area (Å²) in [4.78, 5) is 13.1. The lowest BCUT2D eigenvalue weighted by atomic mass is 9.90. The van der Waals surface area contributed by atoms with Crippen molar-refractivity contribution < 1.29 is 9.90 Å². The van der Waals surface area contributed by atoms with E-state index in [1.54, 1.807) is 0 Å². The van der Waals surface area contributed by atoms with Gasteiger partial charge in [-0.3, -0.25) is 9.69 Å². The Labute approximate surface area is 115 Å². The number of benzene rings is 1. The van der Waals surface area contributed by atoms with Gasteiger partial charge in [-0.05, 0) is 49.9 Å². The van der Waals surface area contributed by atoms with Crippen molar-refractivity contribution in [3.05, 3.63) is 34.9 Å². The first-order valence-electron chi connectivity index (χ1n) is 7.11. The molecule has 104 valence electrons. The average molecular weight is 261 g/mol. The van der Waals surface area contributed by atoms with E-state index in [0.29, 0.717) is 12.6 Å². The van der Waals surface area contributed by atoms with Crippen molar-refractivity contribution in [2.75, 3.05) is 13.1 Å². The summed E-state index contributed by atoms with van der Waals surface area (Å²) in [7, 11) is 0. The summed E-state index contributed by atoms with van der Waals surface area (Å²) in [5.41, 5.74) is 4.06. The maximum absolute atomic E-state index is 10.8. The Morgan fingerprint density at radius 1 is 1.37 bits per heavy atom. The molecule has 0 aromatic heterocycles. The number of aliphatic carboxylic acids is 1. The number of aryl methyl sites for hydroxylation is 1. The lowest BCUT2D eigenvalue weighted by Crippen LogP contribution is -2.35. The second kappa shape index (κ2) is 6.20. The van der Waals surface area contributed by atoms with Gasteiger partial charge >= 0.3 is 5.97 Å². The highest BCUT2D eigenvalue weighted by molar-refractivity contribution is 5.66. The Hall–Kier alpha value is -1.35. The van der Waals surface area contributed by atoms with Crippen LogP contribution in [0.15, 0.2) is 18.2 Å². The first kappa shape index (κ1) is 14.1. The van der Waals surface area contributed by atoms with Crippen LogP contribution in [-0.4, -0.2) is 29.1 Å². The zero-order valence-electron chi connectivity index (χ0n) is 11.9. The van der Waals surface area contributed by atoms with Gasteiger partial charge in [-0.2, -0.15) is 0 Å². The number of carboxylic acids is 1. The van der Waals surface area contributed by atoms with Crippen LogP contribution >= 0.6 is 0 Å². The van der Waals surface area contributed by atoms with Crippen molar-refractivity contribution in [3.8, 4) is 0 Å². The fourth-order valence-electron chi connectivity index (χ4n) is 2.98. The Morgan fingerprint density at radius 3 is 2.89 bits per heavy atom. The molecule has 0 unspecified atom stereocenters. The molecule has 1 fully saturated rings. The van der Waals surface area contributed by atoms with E-state index in [0.717, 1.165) is 13.0 Å². The molecule has 1 aliphatic rings. The molecule has 3 nitrogen and oxygen atoms in total. The molecular formula is C16H23NO2. The molecule has 1 atom stereocenters. The van der Waals surface area contributed by atoms with Crippen LogP contribution in [0, 0.1) is 13.8 Å². The number of nitrogens with zero attached hydrogens (tertiary/aromatic N) is 1. The molecular weight excluding hydrogens is 238 g/mol. The van der Waals surface area contributed by atoms with E-state index in [1.165, 1.54) is 29.5 Å². The smallest absolute Gasteiger partial charge is 0.304 e. The Bertz CT molecular complexity index is 456. The molecule has 1 aromatic carbocycles. The van der Waals surface area contributed by atoms with Gasteiger partial charge in [0, 0.05) is 12.6 Å². The monoisotopic (exact) mass is 261 g/mol. The van der Waals surface area contributed by atoms with Crippen molar-refractivity contribution in [1.29, 1.82) is 0 Å². The van der Waals surface area contributed by atoms with E-state index in [2.05, 4.69) is 36.9 Å².